The molecule has 0 aliphatic carbocycles. The van der Waals surface area contributed by atoms with Gasteiger partial charge < -0.3 is 0 Å². The Balaban J connectivity index is 2.26. The molecule has 0 bridgehead atoms. The van der Waals surface area contributed by atoms with E-state index in [9.17, 15) is 8.42 Å². The van der Waals surface area contributed by atoms with E-state index in [2.05, 4.69) is 29.8 Å². The van der Waals surface area contributed by atoms with E-state index in [1.165, 1.54) is 0 Å². The van der Waals surface area contributed by atoms with Gasteiger partial charge in [0.05, 0.1) is 4.90 Å². The molecule has 1 aromatic carbocycles. The summed E-state index contributed by atoms with van der Waals surface area (Å²) in [4.78, 5) is 0.365. The Hall–Kier alpha value is -0.390. The van der Waals surface area contributed by atoms with Gasteiger partial charge in [0.25, 0.3) is 0 Å². The van der Waals surface area contributed by atoms with Crippen molar-refractivity contribution in [2.45, 2.75) is 31.6 Å². The van der Waals surface area contributed by atoms with Crippen LogP contribution in [0, 0.1) is 5.41 Å². The number of hydrogen-bond acceptors (Lipinski definition) is 2. The zero-order chi connectivity index (χ0) is 13.4. The lowest BCUT2D eigenvalue weighted by Gasteiger charge is -2.36. The Bertz CT molecular complexity index is 530. The van der Waals surface area contributed by atoms with E-state index < -0.39 is 10.0 Å². The van der Waals surface area contributed by atoms with Crippen LogP contribution in [0.4, 0.5) is 0 Å². The Kier molecular flexibility index (Phi) is 3.85. The van der Waals surface area contributed by atoms with Crippen LogP contribution >= 0.6 is 15.9 Å². The molecule has 0 aromatic heterocycles. The summed E-state index contributed by atoms with van der Waals surface area (Å²) in [6, 6.07) is 6.99. The molecule has 3 nitrogen and oxygen atoms in total. The van der Waals surface area contributed by atoms with Gasteiger partial charge in [-0.1, -0.05) is 26.0 Å². The average Bonchev–Trinajstić information content (AvgIpc) is 2.28. The molecule has 0 unspecified atom stereocenters. The van der Waals surface area contributed by atoms with Crippen LogP contribution in [0.25, 0.3) is 0 Å². The molecule has 0 amide bonds. The predicted molar refractivity (Wildman–Crippen MR) is 75.9 cm³/mol. The molecule has 0 spiro atoms. The third-order valence-corrected chi connectivity index (χ3v) is 6.44. The molecule has 0 radical (unpaired) electrons. The lowest BCUT2D eigenvalue weighted by Crippen LogP contribution is -2.41. The van der Waals surface area contributed by atoms with Crippen molar-refractivity contribution in [3.05, 3.63) is 28.7 Å². The summed E-state index contributed by atoms with van der Waals surface area (Å²) in [7, 11) is -3.36. The molecule has 18 heavy (non-hydrogen) atoms. The van der Waals surface area contributed by atoms with Gasteiger partial charge in [0.15, 0.2) is 0 Å². The second kappa shape index (κ2) is 4.94. The molecular weight excluding hydrogens is 314 g/mol. The van der Waals surface area contributed by atoms with Crippen molar-refractivity contribution in [3.8, 4) is 0 Å². The van der Waals surface area contributed by atoms with E-state index in [0.29, 0.717) is 22.5 Å². The van der Waals surface area contributed by atoms with Crippen molar-refractivity contribution >= 4 is 26.0 Å². The topological polar surface area (TPSA) is 37.4 Å². The number of hydrogen-bond donors (Lipinski definition) is 0. The molecule has 1 aromatic rings. The Morgan fingerprint density at radius 1 is 1.17 bits per heavy atom. The van der Waals surface area contributed by atoms with E-state index in [4.69, 9.17) is 0 Å². The number of rotatable bonds is 2. The van der Waals surface area contributed by atoms with Crippen molar-refractivity contribution in [1.29, 1.82) is 0 Å². The van der Waals surface area contributed by atoms with E-state index in [0.717, 1.165) is 12.8 Å². The quantitative estimate of drug-likeness (QED) is 0.834. The molecule has 0 N–H and O–H groups in total. The van der Waals surface area contributed by atoms with Gasteiger partial charge in [-0.2, -0.15) is 4.31 Å². The summed E-state index contributed by atoms with van der Waals surface area (Å²) in [6.07, 6.45) is 1.83. The molecule has 0 atom stereocenters. The van der Waals surface area contributed by atoms with Gasteiger partial charge in [0.1, 0.15) is 0 Å². The van der Waals surface area contributed by atoms with Crippen LogP contribution in [0.15, 0.2) is 33.6 Å². The van der Waals surface area contributed by atoms with Crippen LogP contribution in [0.1, 0.15) is 26.7 Å². The van der Waals surface area contributed by atoms with Gasteiger partial charge in [-0.25, -0.2) is 8.42 Å². The summed E-state index contributed by atoms with van der Waals surface area (Å²) in [5.74, 6) is 0. The summed E-state index contributed by atoms with van der Waals surface area (Å²) in [5, 5.41) is 0. The minimum Gasteiger partial charge on any atom is -0.207 e. The molecule has 1 saturated heterocycles. The van der Waals surface area contributed by atoms with Crippen LogP contribution in [0.5, 0.6) is 0 Å². The van der Waals surface area contributed by atoms with Crippen LogP contribution in [-0.2, 0) is 10.0 Å². The number of halogens is 1. The molecule has 1 aliphatic heterocycles. The normalized spacial score (nSPS) is 20.8. The minimum atomic E-state index is -3.36. The highest BCUT2D eigenvalue weighted by molar-refractivity contribution is 9.10. The monoisotopic (exact) mass is 331 g/mol. The molecule has 1 fully saturated rings. The Labute approximate surface area is 117 Å². The van der Waals surface area contributed by atoms with Crippen molar-refractivity contribution in [3.63, 3.8) is 0 Å². The van der Waals surface area contributed by atoms with Crippen molar-refractivity contribution in [2.75, 3.05) is 13.1 Å². The van der Waals surface area contributed by atoms with Gasteiger partial charge in [-0.15, -0.1) is 0 Å². The summed E-state index contributed by atoms with van der Waals surface area (Å²) >= 11 is 3.32. The zero-order valence-corrected chi connectivity index (χ0v) is 13.1. The maximum atomic E-state index is 12.5. The van der Waals surface area contributed by atoms with Gasteiger partial charge in [0.2, 0.25) is 10.0 Å². The van der Waals surface area contributed by atoms with Crippen molar-refractivity contribution < 1.29 is 8.42 Å². The molecular formula is C13H18BrNO2S. The summed E-state index contributed by atoms with van der Waals surface area (Å²) in [6.45, 7) is 5.60. The molecule has 5 heteroatoms. The smallest absolute Gasteiger partial charge is 0.207 e. The van der Waals surface area contributed by atoms with Gasteiger partial charge in [0, 0.05) is 17.6 Å². The fourth-order valence-corrected chi connectivity index (χ4v) is 4.53. The second-order valence-corrected chi connectivity index (χ2v) is 8.26. The fraction of sp³-hybridized carbons (Fsp3) is 0.538. The van der Waals surface area contributed by atoms with Crippen molar-refractivity contribution in [1.82, 2.24) is 4.31 Å². The van der Waals surface area contributed by atoms with Gasteiger partial charge in [-0.3, -0.25) is 0 Å². The molecule has 1 aliphatic rings. The summed E-state index contributed by atoms with van der Waals surface area (Å²) in [5.41, 5.74) is 0.250. The highest BCUT2D eigenvalue weighted by atomic mass is 79.9. The fourth-order valence-electron chi connectivity index (χ4n) is 2.12. The van der Waals surface area contributed by atoms with Crippen LogP contribution in [0.2, 0.25) is 0 Å². The maximum Gasteiger partial charge on any atom is 0.244 e. The first-order chi connectivity index (χ1) is 8.33. The summed E-state index contributed by atoms with van der Waals surface area (Å²) < 4.78 is 27.3. The third-order valence-electron chi connectivity index (χ3n) is 3.53. The lowest BCUT2D eigenvalue weighted by molar-refractivity contribution is 0.196. The lowest BCUT2D eigenvalue weighted by atomic mass is 9.83. The third kappa shape index (κ3) is 2.78. The highest BCUT2D eigenvalue weighted by Crippen LogP contribution is 2.33. The largest absolute Gasteiger partial charge is 0.244 e. The number of piperidine rings is 1. The van der Waals surface area contributed by atoms with E-state index in [1.54, 1.807) is 22.5 Å². The van der Waals surface area contributed by atoms with Crippen LogP contribution < -0.4 is 0 Å². The molecule has 2 rings (SSSR count). The Morgan fingerprint density at radius 3 is 2.28 bits per heavy atom. The zero-order valence-electron chi connectivity index (χ0n) is 10.7. The molecule has 0 saturated carbocycles. The van der Waals surface area contributed by atoms with E-state index in [-0.39, 0.29) is 5.41 Å². The van der Waals surface area contributed by atoms with E-state index >= 15 is 0 Å². The van der Waals surface area contributed by atoms with Gasteiger partial charge in [-0.05, 0) is 46.3 Å². The van der Waals surface area contributed by atoms with E-state index in [1.807, 2.05) is 6.07 Å². The van der Waals surface area contributed by atoms with Crippen LogP contribution in [-0.4, -0.2) is 25.8 Å². The predicted octanol–water partition coefficient (Wildman–Crippen LogP) is 3.26. The number of nitrogens with zero attached hydrogens (tertiary/aromatic N) is 1. The first-order valence-electron chi connectivity index (χ1n) is 6.08. The first-order valence-corrected chi connectivity index (χ1v) is 8.31. The molecule has 100 valence electrons. The Morgan fingerprint density at radius 2 is 1.72 bits per heavy atom. The first kappa shape index (κ1) is 14.0. The van der Waals surface area contributed by atoms with Crippen LogP contribution in [0.3, 0.4) is 0 Å². The standard InChI is InChI=1S/C13H18BrNO2S/c1-13(2)7-9-15(10-8-13)18(16,17)12-6-4-3-5-11(12)14/h3-6H,7-10H2,1-2H3. The SMILES string of the molecule is CC1(C)CCN(S(=O)(=O)c2ccccc2Br)CC1. The minimum absolute atomic E-state index is 0.250. The highest BCUT2D eigenvalue weighted by Gasteiger charge is 2.33. The number of sulfonamides is 1. The molecule has 1 heterocycles. The second-order valence-electron chi connectivity index (χ2n) is 5.50. The van der Waals surface area contributed by atoms with Gasteiger partial charge >= 0.3 is 0 Å². The maximum absolute atomic E-state index is 12.5. The average molecular weight is 332 g/mol. The number of benzene rings is 1. The van der Waals surface area contributed by atoms with Crippen molar-refractivity contribution in [2.24, 2.45) is 5.41 Å².